The summed E-state index contributed by atoms with van der Waals surface area (Å²) < 4.78 is 4.65. The summed E-state index contributed by atoms with van der Waals surface area (Å²) in [4.78, 5) is 37.6. The Hall–Kier alpha value is -2.99. The van der Waals surface area contributed by atoms with E-state index in [2.05, 4.69) is 4.74 Å². The quantitative estimate of drug-likeness (QED) is 0.618. The van der Waals surface area contributed by atoms with E-state index < -0.39 is 12.0 Å². The van der Waals surface area contributed by atoms with Crippen LogP contribution in [0.1, 0.15) is 22.3 Å². The van der Waals surface area contributed by atoms with Crippen LogP contribution in [0.25, 0.3) is 0 Å². The summed E-state index contributed by atoms with van der Waals surface area (Å²) >= 11 is 0. The van der Waals surface area contributed by atoms with E-state index in [0.29, 0.717) is 11.3 Å². The normalized spacial score (nSPS) is 16.8. The molecule has 6 nitrogen and oxygen atoms in total. The predicted octanol–water partition coefficient (Wildman–Crippen LogP) is 0.911. The molecule has 1 aliphatic heterocycles. The van der Waals surface area contributed by atoms with Gasteiger partial charge in [-0.25, -0.2) is 9.69 Å². The van der Waals surface area contributed by atoms with E-state index in [9.17, 15) is 14.4 Å². The van der Waals surface area contributed by atoms with Crippen molar-refractivity contribution in [3.05, 3.63) is 65.7 Å². The van der Waals surface area contributed by atoms with Crippen LogP contribution in [-0.2, 0) is 20.7 Å². The molecule has 134 valence electrons. The van der Waals surface area contributed by atoms with Crippen LogP contribution in [0.15, 0.2) is 54.6 Å². The molecule has 1 aliphatic rings. The number of hydrogen-bond acceptors (Lipinski definition) is 4. The molecule has 3 rings (SSSR count). The maximum Gasteiger partial charge on any atom is 0.337 e. The highest BCUT2D eigenvalue weighted by atomic mass is 16.5. The SMILES string of the molecule is COC(=O)c1ccc(N2C(=O)C[C@H]([NH2+]CCc3ccccc3)C2=O)cc1. The first kappa shape index (κ1) is 17.8. The second kappa shape index (κ2) is 7.93. The molecule has 1 fully saturated rings. The molecule has 1 heterocycles. The van der Waals surface area contributed by atoms with Gasteiger partial charge in [0.25, 0.3) is 5.91 Å². The lowest BCUT2D eigenvalue weighted by atomic mass is 10.1. The van der Waals surface area contributed by atoms with Crippen LogP contribution in [0.5, 0.6) is 0 Å². The van der Waals surface area contributed by atoms with Gasteiger partial charge in [0, 0.05) is 6.42 Å². The largest absolute Gasteiger partial charge is 0.465 e. The number of amides is 2. The molecule has 0 unspecified atom stereocenters. The number of ether oxygens (including phenoxy) is 1. The second-order valence-corrected chi connectivity index (χ2v) is 6.18. The maximum absolute atomic E-state index is 12.6. The number of hydrogen-bond donors (Lipinski definition) is 1. The third-order valence-corrected chi connectivity index (χ3v) is 4.46. The Labute approximate surface area is 151 Å². The van der Waals surface area contributed by atoms with E-state index >= 15 is 0 Å². The van der Waals surface area contributed by atoms with Crippen molar-refractivity contribution in [1.29, 1.82) is 0 Å². The minimum absolute atomic E-state index is 0.187. The molecule has 0 aliphatic carbocycles. The Balaban J connectivity index is 1.62. The Bertz CT molecular complexity index is 802. The molecule has 2 aromatic rings. The number of anilines is 1. The highest BCUT2D eigenvalue weighted by Gasteiger charge is 2.42. The van der Waals surface area contributed by atoms with Gasteiger partial charge in [0.1, 0.15) is 0 Å². The van der Waals surface area contributed by atoms with Crippen LogP contribution >= 0.6 is 0 Å². The van der Waals surface area contributed by atoms with Gasteiger partial charge in [-0.15, -0.1) is 0 Å². The number of rotatable bonds is 6. The Morgan fingerprint density at radius 3 is 2.46 bits per heavy atom. The molecule has 0 saturated carbocycles. The van der Waals surface area contributed by atoms with Crippen molar-refractivity contribution in [2.24, 2.45) is 0 Å². The summed E-state index contributed by atoms with van der Waals surface area (Å²) in [5.74, 6) is -0.890. The van der Waals surface area contributed by atoms with Crippen molar-refractivity contribution in [3.63, 3.8) is 0 Å². The third kappa shape index (κ3) is 3.81. The number of carbonyl (C=O) groups is 3. The summed E-state index contributed by atoms with van der Waals surface area (Å²) in [5.41, 5.74) is 2.06. The molecule has 0 spiro atoms. The first-order valence-electron chi connectivity index (χ1n) is 8.52. The van der Waals surface area contributed by atoms with Gasteiger partial charge in [-0.1, -0.05) is 30.3 Å². The number of nitrogens with two attached hydrogens (primary N) is 1. The predicted molar refractivity (Wildman–Crippen MR) is 95.6 cm³/mol. The number of benzene rings is 2. The van der Waals surface area contributed by atoms with Crippen molar-refractivity contribution in [3.8, 4) is 0 Å². The van der Waals surface area contributed by atoms with E-state index in [1.807, 2.05) is 35.6 Å². The van der Waals surface area contributed by atoms with Crippen molar-refractivity contribution in [2.75, 3.05) is 18.6 Å². The number of imide groups is 1. The topological polar surface area (TPSA) is 80.3 Å². The molecule has 2 amide bonds. The second-order valence-electron chi connectivity index (χ2n) is 6.18. The molecular weight excluding hydrogens is 332 g/mol. The molecule has 1 saturated heterocycles. The van der Waals surface area contributed by atoms with Crippen LogP contribution in [0.3, 0.4) is 0 Å². The summed E-state index contributed by atoms with van der Waals surface area (Å²) in [7, 11) is 1.31. The molecule has 1 atom stereocenters. The molecule has 2 N–H and O–H groups in total. The summed E-state index contributed by atoms with van der Waals surface area (Å²) in [6, 6.07) is 15.9. The Kier molecular flexibility index (Phi) is 5.43. The summed E-state index contributed by atoms with van der Waals surface area (Å²) in [5, 5.41) is 1.93. The zero-order valence-electron chi connectivity index (χ0n) is 14.6. The van der Waals surface area contributed by atoms with Crippen LogP contribution in [0.4, 0.5) is 5.69 Å². The van der Waals surface area contributed by atoms with Crippen molar-refractivity contribution in [1.82, 2.24) is 0 Å². The zero-order chi connectivity index (χ0) is 18.5. The number of nitrogens with zero attached hydrogens (tertiary/aromatic N) is 1. The number of methoxy groups -OCH3 is 1. The van der Waals surface area contributed by atoms with E-state index in [-0.39, 0.29) is 18.2 Å². The highest BCUT2D eigenvalue weighted by Crippen LogP contribution is 2.22. The minimum Gasteiger partial charge on any atom is -0.465 e. The fourth-order valence-corrected chi connectivity index (χ4v) is 3.07. The van der Waals surface area contributed by atoms with E-state index in [0.717, 1.165) is 13.0 Å². The van der Waals surface area contributed by atoms with Gasteiger partial charge in [0.05, 0.1) is 31.3 Å². The van der Waals surface area contributed by atoms with Crippen molar-refractivity contribution >= 4 is 23.5 Å². The fourth-order valence-electron chi connectivity index (χ4n) is 3.07. The molecule has 0 aromatic heterocycles. The monoisotopic (exact) mass is 353 g/mol. The van der Waals surface area contributed by atoms with E-state index in [1.165, 1.54) is 17.6 Å². The fraction of sp³-hybridized carbons (Fsp3) is 0.250. The van der Waals surface area contributed by atoms with Gasteiger partial charge in [0.2, 0.25) is 5.91 Å². The molecule has 26 heavy (non-hydrogen) atoms. The van der Waals surface area contributed by atoms with Crippen LogP contribution < -0.4 is 10.2 Å². The minimum atomic E-state index is -0.456. The lowest BCUT2D eigenvalue weighted by molar-refractivity contribution is -0.674. The van der Waals surface area contributed by atoms with Gasteiger partial charge >= 0.3 is 5.97 Å². The smallest absolute Gasteiger partial charge is 0.337 e. The molecule has 0 radical (unpaired) electrons. The van der Waals surface area contributed by atoms with Gasteiger partial charge < -0.3 is 10.1 Å². The van der Waals surface area contributed by atoms with Crippen molar-refractivity contribution < 1.29 is 24.4 Å². The highest BCUT2D eigenvalue weighted by molar-refractivity contribution is 6.21. The van der Waals surface area contributed by atoms with Gasteiger partial charge in [-0.2, -0.15) is 0 Å². The lowest BCUT2D eigenvalue weighted by Gasteiger charge is -2.14. The number of esters is 1. The zero-order valence-corrected chi connectivity index (χ0v) is 14.6. The third-order valence-electron chi connectivity index (χ3n) is 4.46. The first-order valence-corrected chi connectivity index (χ1v) is 8.52. The van der Waals surface area contributed by atoms with Crippen LogP contribution in [0, 0.1) is 0 Å². The van der Waals surface area contributed by atoms with E-state index in [1.54, 1.807) is 24.3 Å². The van der Waals surface area contributed by atoms with Gasteiger partial charge in [-0.3, -0.25) is 9.59 Å². The molecule has 2 aromatic carbocycles. The maximum atomic E-state index is 12.6. The first-order chi connectivity index (χ1) is 12.6. The van der Waals surface area contributed by atoms with Crippen LogP contribution in [-0.4, -0.2) is 37.5 Å². The van der Waals surface area contributed by atoms with Gasteiger partial charge in [0.15, 0.2) is 6.04 Å². The van der Waals surface area contributed by atoms with Crippen molar-refractivity contribution in [2.45, 2.75) is 18.9 Å². The van der Waals surface area contributed by atoms with Gasteiger partial charge in [-0.05, 0) is 29.8 Å². The summed E-state index contributed by atoms with van der Waals surface area (Å²) in [6.07, 6.45) is 1.03. The van der Waals surface area contributed by atoms with E-state index in [4.69, 9.17) is 0 Å². The Morgan fingerprint density at radius 1 is 1.12 bits per heavy atom. The standard InChI is InChI=1S/C20H20N2O4/c1-26-20(25)15-7-9-16(10-8-15)22-18(23)13-17(19(22)24)21-12-11-14-5-3-2-4-6-14/h2-10,17,21H,11-13H2,1H3/p+1/t17-/m0/s1. The number of quaternary nitrogens is 1. The average Bonchev–Trinajstić information content (AvgIpc) is 2.95. The average molecular weight is 353 g/mol. The Morgan fingerprint density at radius 2 is 1.81 bits per heavy atom. The molecular formula is C20H21N2O4+. The number of carbonyl (C=O) groups excluding carboxylic acids is 3. The summed E-state index contributed by atoms with van der Waals surface area (Å²) in [6.45, 7) is 0.739. The molecule has 6 heteroatoms. The molecule has 0 bridgehead atoms. The van der Waals surface area contributed by atoms with Crippen LogP contribution in [0.2, 0.25) is 0 Å². The lowest BCUT2D eigenvalue weighted by Crippen LogP contribution is -2.92.